The highest BCUT2D eigenvalue weighted by Gasteiger charge is 2.32. The number of thiol groups is 1. The highest BCUT2D eigenvalue weighted by atomic mass is 32.2. The fourth-order valence-electron chi connectivity index (χ4n) is 5.15. The molecule has 11 nitrogen and oxygen atoms in total. The Bertz CT molecular complexity index is 1660. The van der Waals surface area contributed by atoms with Gasteiger partial charge in [0.05, 0.1) is 22.3 Å². The summed E-state index contributed by atoms with van der Waals surface area (Å²) in [6.45, 7) is 2.22. The van der Waals surface area contributed by atoms with Crippen molar-refractivity contribution < 1.29 is 39.2 Å². The van der Waals surface area contributed by atoms with E-state index in [9.17, 15) is 39.2 Å². The number of halogens is 4. The number of tetrazole rings is 1. The quantitative estimate of drug-likeness (QED) is 0.252. The molecule has 1 atom stereocenters. The van der Waals surface area contributed by atoms with Gasteiger partial charge < -0.3 is 4.90 Å². The minimum Gasteiger partial charge on any atom is -0.343 e. The smallest absolute Gasteiger partial charge is 0.343 e. The zero-order valence-electron chi connectivity index (χ0n) is 23.0. The molecule has 1 aromatic heterocycles. The minimum absolute atomic E-state index is 0.0451. The Hall–Kier alpha value is -3.44. The predicted octanol–water partition coefficient (Wildman–Crippen LogP) is 2.75. The van der Waals surface area contributed by atoms with Crippen molar-refractivity contribution in [2.24, 2.45) is 11.1 Å². The van der Waals surface area contributed by atoms with Crippen LogP contribution < -0.4 is 5.14 Å². The highest BCUT2D eigenvalue weighted by Crippen LogP contribution is 2.34. The maximum atomic E-state index is 14.7. The van der Waals surface area contributed by atoms with E-state index in [4.69, 9.17) is 5.14 Å². The summed E-state index contributed by atoms with van der Waals surface area (Å²) in [6, 6.07) is 6.21. The van der Waals surface area contributed by atoms with Crippen LogP contribution in [-0.4, -0.2) is 60.9 Å². The number of likely N-dealkylation sites (tertiary alicyclic amines) is 1. The Morgan fingerprint density at radius 3 is 2.37 bits per heavy atom. The van der Waals surface area contributed by atoms with Crippen LogP contribution >= 0.6 is 0 Å². The number of primary sulfonamides is 1. The molecule has 1 fully saturated rings. The van der Waals surface area contributed by atoms with Gasteiger partial charge >= 0.3 is 6.18 Å². The number of alkyl halides is 3. The van der Waals surface area contributed by atoms with Crippen LogP contribution in [0.5, 0.6) is 0 Å². The van der Waals surface area contributed by atoms with Crippen LogP contribution in [0.25, 0.3) is 0 Å². The van der Waals surface area contributed by atoms with Crippen molar-refractivity contribution in [2.75, 3.05) is 13.1 Å². The molecule has 3 aromatic rings. The zero-order chi connectivity index (χ0) is 31.5. The van der Waals surface area contributed by atoms with E-state index in [-0.39, 0.29) is 43.2 Å². The van der Waals surface area contributed by atoms with Crippen LogP contribution in [0, 0.1) is 18.7 Å². The lowest BCUT2D eigenvalue weighted by Crippen LogP contribution is -2.39. The number of amides is 1. The summed E-state index contributed by atoms with van der Waals surface area (Å²) in [5.74, 6) is -0.958. The third-order valence-corrected chi connectivity index (χ3v) is 9.35. The summed E-state index contributed by atoms with van der Waals surface area (Å²) in [6.07, 6.45) is -3.29. The Labute approximate surface area is 247 Å². The standard InChI is InChI=1S/C26H30F4N6O5S2/c1-16-32-34-36(33-16)15-19-13-20(26(28,29)30)4-2-18(19)3-7-25(37)35-10-8-17(9-11-35)12-24(42(38)39)22-6-5-21(14-23(22)27)43(31,40)41/h2,4-6,13-14,17,24,42H,3,7-12,15H2,1H3,(H2,31,40,41). The Morgan fingerprint density at radius 2 is 1.81 bits per heavy atom. The van der Waals surface area contributed by atoms with Gasteiger partial charge in [-0.05, 0) is 79.1 Å². The van der Waals surface area contributed by atoms with Crippen LogP contribution in [0.15, 0.2) is 41.3 Å². The fraction of sp³-hybridized carbons (Fsp3) is 0.462. The Morgan fingerprint density at radius 1 is 1.12 bits per heavy atom. The molecule has 0 aliphatic carbocycles. The van der Waals surface area contributed by atoms with Gasteiger partial charge in [-0.1, -0.05) is 12.1 Å². The van der Waals surface area contributed by atoms with Crippen LogP contribution in [0.1, 0.15) is 59.0 Å². The van der Waals surface area contributed by atoms with Gasteiger partial charge in [0.25, 0.3) is 0 Å². The van der Waals surface area contributed by atoms with Gasteiger partial charge in [-0.15, -0.1) is 10.2 Å². The molecule has 43 heavy (non-hydrogen) atoms. The molecular formula is C26H30F4N6O5S2. The summed E-state index contributed by atoms with van der Waals surface area (Å²) in [7, 11) is -7.25. The van der Waals surface area contributed by atoms with Gasteiger partial charge in [0.15, 0.2) is 5.82 Å². The van der Waals surface area contributed by atoms with E-state index in [0.717, 1.165) is 24.3 Å². The number of hydrogen-bond acceptors (Lipinski definition) is 8. The molecule has 0 spiro atoms. The molecule has 1 unspecified atom stereocenters. The van der Waals surface area contributed by atoms with Gasteiger partial charge in [0, 0.05) is 25.1 Å². The lowest BCUT2D eigenvalue weighted by atomic mass is 9.90. The third-order valence-electron chi connectivity index (χ3n) is 7.44. The lowest BCUT2D eigenvalue weighted by molar-refractivity contribution is -0.137. The second-order valence-electron chi connectivity index (χ2n) is 10.4. The van der Waals surface area contributed by atoms with Gasteiger partial charge in [-0.3, -0.25) is 4.79 Å². The van der Waals surface area contributed by atoms with E-state index in [1.165, 1.54) is 10.9 Å². The van der Waals surface area contributed by atoms with Crippen molar-refractivity contribution in [1.29, 1.82) is 0 Å². The Balaban J connectivity index is 1.37. The summed E-state index contributed by atoms with van der Waals surface area (Å²) >= 11 is 0. The number of aryl methyl sites for hydroxylation is 2. The number of piperidine rings is 1. The minimum atomic E-state index is -4.54. The number of hydrogen-bond donors (Lipinski definition) is 2. The molecule has 234 valence electrons. The SMILES string of the molecule is Cc1nnn(Cc2cc(C(F)(F)F)ccc2CCC(=O)N2CCC(CC(c3ccc(S(N)(=O)=O)cc3F)[SH](=O)=O)CC2)n1. The van der Waals surface area contributed by atoms with Crippen molar-refractivity contribution in [1.82, 2.24) is 25.1 Å². The van der Waals surface area contributed by atoms with Gasteiger partial charge in [-0.25, -0.2) is 26.4 Å². The average Bonchev–Trinajstić information content (AvgIpc) is 3.34. The lowest BCUT2D eigenvalue weighted by Gasteiger charge is -2.33. The number of benzene rings is 2. The van der Waals surface area contributed by atoms with E-state index in [1.54, 1.807) is 11.8 Å². The van der Waals surface area contributed by atoms with Crippen molar-refractivity contribution in [3.63, 3.8) is 0 Å². The summed E-state index contributed by atoms with van der Waals surface area (Å²) in [5, 5.41) is 15.4. The van der Waals surface area contributed by atoms with Crippen molar-refractivity contribution in [3.05, 3.63) is 70.3 Å². The predicted molar refractivity (Wildman–Crippen MR) is 146 cm³/mol. The molecule has 2 heterocycles. The van der Waals surface area contributed by atoms with E-state index >= 15 is 0 Å². The summed E-state index contributed by atoms with van der Waals surface area (Å²) < 4.78 is 102. The molecule has 0 saturated carbocycles. The Kier molecular flexibility index (Phi) is 9.86. The van der Waals surface area contributed by atoms with Gasteiger partial charge in [-0.2, -0.15) is 18.0 Å². The molecule has 0 radical (unpaired) electrons. The molecule has 1 aliphatic rings. The second-order valence-corrected chi connectivity index (χ2v) is 13.2. The third kappa shape index (κ3) is 8.35. The monoisotopic (exact) mass is 646 g/mol. The fourth-order valence-corrected chi connectivity index (χ4v) is 6.58. The number of nitrogens with two attached hydrogens (primary N) is 1. The van der Waals surface area contributed by atoms with E-state index in [1.807, 2.05) is 0 Å². The van der Waals surface area contributed by atoms with Crippen molar-refractivity contribution in [2.45, 2.75) is 61.9 Å². The molecule has 1 saturated heterocycles. The van der Waals surface area contributed by atoms with Gasteiger partial charge in [0.1, 0.15) is 16.5 Å². The summed E-state index contributed by atoms with van der Waals surface area (Å²) in [5.41, 5.74) is -0.106. The molecule has 2 aromatic carbocycles. The second kappa shape index (κ2) is 13.1. The van der Waals surface area contributed by atoms with E-state index < -0.39 is 48.4 Å². The maximum absolute atomic E-state index is 14.7. The first-order valence-corrected chi connectivity index (χ1v) is 16.1. The topological polar surface area (TPSA) is 158 Å². The molecule has 0 bridgehead atoms. The first kappa shape index (κ1) is 32.5. The molecular weight excluding hydrogens is 616 g/mol. The molecule has 2 N–H and O–H groups in total. The summed E-state index contributed by atoms with van der Waals surface area (Å²) in [4.78, 5) is 15.3. The largest absolute Gasteiger partial charge is 0.416 e. The van der Waals surface area contributed by atoms with E-state index in [2.05, 4.69) is 15.4 Å². The molecule has 1 aliphatic heterocycles. The van der Waals surface area contributed by atoms with E-state index in [0.29, 0.717) is 48.9 Å². The van der Waals surface area contributed by atoms with Crippen LogP contribution in [0.3, 0.4) is 0 Å². The number of aromatic nitrogens is 4. The number of carbonyl (C=O) groups excluding carboxylic acids is 1. The van der Waals surface area contributed by atoms with Gasteiger partial charge in [0.2, 0.25) is 15.9 Å². The average molecular weight is 647 g/mol. The normalized spacial score (nSPS) is 15.7. The van der Waals surface area contributed by atoms with Crippen LogP contribution in [0.4, 0.5) is 17.6 Å². The number of carbonyl (C=O) groups is 1. The molecule has 4 rings (SSSR count). The van der Waals surface area contributed by atoms with Crippen molar-refractivity contribution in [3.8, 4) is 0 Å². The number of nitrogens with zero attached hydrogens (tertiary/aromatic N) is 5. The first-order valence-electron chi connectivity index (χ1n) is 13.3. The van der Waals surface area contributed by atoms with Crippen molar-refractivity contribution >= 4 is 26.6 Å². The number of rotatable bonds is 10. The maximum Gasteiger partial charge on any atom is 0.416 e. The highest BCUT2D eigenvalue weighted by molar-refractivity contribution is 7.89. The molecule has 1 amide bonds. The van der Waals surface area contributed by atoms with Crippen LogP contribution in [-0.2, 0) is 44.7 Å². The molecule has 17 heteroatoms. The van der Waals surface area contributed by atoms with Crippen LogP contribution in [0.2, 0.25) is 0 Å². The first-order chi connectivity index (χ1) is 20.1. The zero-order valence-corrected chi connectivity index (χ0v) is 24.7. The number of sulfonamides is 1.